The van der Waals surface area contributed by atoms with Gasteiger partial charge in [0.05, 0.1) is 5.60 Å². The van der Waals surface area contributed by atoms with Gasteiger partial charge in [0, 0.05) is 44.8 Å². The predicted octanol–water partition coefficient (Wildman–Crippen LogP) is 1.86. The number of amides is 1. The molecule has 3 rings (SSSR count). The van der Waals surface area contributed by atoms with Crippen molar-refractivity contribution >= 4 is 5.91 Å². The fourth-order valence-corrected chi connectivity index (χ4v) is 3.76. The fraction of sp³-hybridized carbons (Fsp3) is 0.650. The monoisotopic (exact) mass is 345 g/mol. The quantitative estimate of drug-likeness (QED) is 0.855. The summed E-state index contributed by atoms with van der Waals surface area (Å²) in [5.74, 6) is -0.0925. The van der Waals surface area contributed by atoms with E-state index in [9.17, 15) is 9.90 Å². The van der Waals surface area contributed by atoms with Crippen molar-refractivity contribution in [3.05, 3.63) is 35.4 Å². The zero-order valence-corrected chi connectivity index (χ0v) is 15.3. The number of hydrogen-bond donors (Lipinski definition) is 2. The molecule has 0 unspecified atom stereocenters. The molecule has 2 aliphatic rings. The van der Waals surface area contributed by atoms with Crippen LogP contribution in [0.2, 0.25) is 0 Å². The Bertz CT molecular complexity index is 559. The van der Waals surface area contributed by atoms with Crippen LogP contribution in [0.15, 0.2) is 24.3 Å². The Balaban J connectivity index is 1.48. The third-order valence-corrected chi connectivity index (χ3v) is 5.58. The van der Waals surface area contributed by atoms with Gasteiger partial charge >= 0.3 is 0 Å². The average Bonchev–Trinajstić information content (AvgIpc) is 2.63. The largest absolute Gasteiger partial charge is 0.388 e. The van der Waals surface area contributed by atoms with Crippen molar-refractivity contribution < 1.29 is 9.90 Å². The van der Waals surface area contributed by atoms with Gasteiger partial charge in [-0.3, -0.25) is 9.69 Å². The number of carbonyl (C=O) groups is 1. The van der Waals surface area contributed by atoms with Crippen LogP contribution in [-0.2, 0) is 6.54 Å². The predicted molar refractivity (Wildman–Crippen MR) is 99.6 cm³/mol. The van der Waals surface area contributed by atoms with E-state index in [1.165, 1.54) is 12.0 Å². The van der Waals surface area contributed by atoms with Gasteiger partial charge in [0.25, 0.3) is 5.91 Å². The zero-order chi connectivity index (χ0) is 17.7. The number of rotatable bonds is 5. The minimum absolute atomic E-state index is 0.0925. The van der Waals surface area contributed by atoms with Crippen LogP contribution in [0.3, 0.4) is 0 Å². The van der Waals surface area contributed by atoms with Crippen LogP contribution < -0.4 is 5.32 Å². The number of piperazine rings is 1. The van der Waals surface area contributed by atoms with Crippen molar-refractivity contribution in [3.8, 4) is 0 Å². The molecule has 2 fully saturated rings. The Morgan fingerprint density at radius 2 is 1.72 bits per heavy atom. The van der Waals surface area contributed by atoms with E-state index in [0.717, 1.165) is 58.4 Å². The van der Waals surface area contributed by atoms with E-state index < -0.39 is 5.60 Å². The highest BCUT2D eigenvalue weighted by molar-refractivity contribution is 5.94. The molecule has 2 N–H and O–H groups in total. The zero-order valence-electron chi connectivity index (χ0n) is 15.3. The number of nitrogens with one attached hydrogen (secondary N) is 1. The molecule has 0 atom stereocenters. The lowest BCUT2D eigenvalue weighted by Crippen LogP contribution is -2.44. The minimum atomic E-state index is -0.713. The molecule has 1 aliphatic heterocycles. The first-order chi connectivity index (χ1) is 12.0. The van der Waals surface area contributed by atoms with Gasteiger partial charge in [-0.05, 0) is 37.6 Å². The first-order valence-electron chi connectivity index (χ1n) is 9.55. The van der Waals surface area contributed by atoms with Crippen molar-refractivity contribution in [1.29, 1.82) is 0 Å². The summed E-state index contributed by atoms with van der Waals surface area (Å²) >= 11 is 0. The summed E-state index contributed by atoms with van der Waals surface area (Å²) in [6.07, 6.45) is 4.86. The van der Waals surface area contributed by atoms with Crippen molar-refractivity contribution in [3.63, 3.8) is 0 Å². The van der Waals surface area contributed by atoms with E-state index in [1.54, 1.807) is 0 Å². The maximum absolute atomic E-state index is 12.3. The van der Waals surface area contributed by atoms with Gasteiger partial charge in [0.1, 0.15) is 0 Å². The molecule has 5 heteroatoms. The van der Waals surface area contributed by atoms with Crippen LogP contribution >= 0.6 is 0 Å². The van der Waals surface area contributed by atoms with Crippen LogP contribution in [0, 0.1) is 0 Å². The van der Waals surface area contributed by atoms with Crippen LogP contribution in [0.1, 0.15) is 48.0 Å². The Morgan fingerprint density at radius 3 is 2.36 bits per heavy atom. The molecule has 0 radical (unpaired) electrons. The van der Waals surface area contributed by atoms with Gasteiger partial charge in [-0.25, -0.2) is 0 Å². The summed E-state index contributed by atoms with van der Waals surface area (Å²) < 4.78 is 0. The Morgan fingerprint density at radius 1 is 1.08 bits per heavy atom. The second kappa shape index (κ2) is 8.30. The molecule has 1 aromatic rings. The lowest BCUT2D eigenvalue weighted by atomic mass is 9.85. The maximum atomic E-state index is 12.3. The molecular weight excluding hydrogens is 314 g/mol. The molecule has 5 nitrogen and oxygen atoms in total. The molecule has 1 amide bonds. The first-order valence-corrected chi connectivity index (χ1v) is 9.55. The summed E-state index contributed by atoms with van der Waals surface area (Å²) in [6, 6.07) is 7.88. The average molecular weight is 345 g/mol. The van der Waals surface area contributed by atoms with Gasteiger partial charge < -0.3 is 15.3 Å². The van der Waals surface area contributed by atoms with E-state index in [-0.39, 0.29) is 5.91 Å². The molecule has 25 heavy (non-hydrogen) atoms. The van der Waals surface area contributed by atoms with E-state index in [0.29, 0.717) is 12.1 Å². The van der Waals surface area contributed by atoms with E-state index >= 15 is 0 Å². The molecule has 138 valence electrons. The van der Waals surface area contributed by atoms with E-state index in [2.05, 4.69) is 22.2 Å². The summed E-state index contributed by atoms with van der Waals surface area (Å²) in [5.41, 5.74) is 1.20. The Kier molecular flexibility index (Phi) is 6.10. The first kappa shape index (κ1) is 18.4. The standard InChI is InChI=1S/C20H31N3O2/c1-22-11-13-23(14-12-22)15-17-5-7-18(8-6-17)19(24)21-16-20(25)9-3-2-4-10-20/h5-8,25H,2-4,9-16H2,1H3,(H,21,24). The third-order valence-electron chi connectivity index (χ3n) is 5.58. The molecule has 1 heterocycles. The van der Waals surface area contributed by atoms with Crippen LogP contribution in [0.5, 0.6) is 0 Å². The summed E-state index contributed by atoms with van der Waals surface area (Å²) in [7, 11) is 2.16. The summed E-state index contributed by atoms with van der Waals surface area (Å²) in [4.78, 5) is 17.1. The smallest absolute Gasteiger partial charge is 0.251 e. The minimum Gasteiger partial charge on any atom is -0.388 e. The number of aliphatic hydroxyl groups is 1. The van der Waals surface area contributed by atoms with Crippen molar-refractivity contribution in [2.24, 2.45) is 0 Å². The number of hydrogen-bond acceptors (Lipinski definition) is 4. The second-order valence-corrected chi connectivity index (χ2v) is 7.74. The van der Waals surface area contributed by atoms with Crippen LogP contribution in [0.25, 0.3) is 0 Å². The van der Waals surface area contributed by atoms with Gasteiger partial charge in [0.2, 0.25) is 0 Å². The molecule has 0 bridgehead atoms. The highest BCUT2D eigenvalue weighted by Gasteiger charge is 2.29. The van der Waals surface area contributed by atoms with Crippen molar-refractivity contribution in [2.75, 3.05) is 39.8 Å². The number of carbonyl (C=O) groups excluding carboxylic acids is 1. The third kappa shape index (κ3) is 5.27. The number of likely N-dealkylation sites (N-methyl/N-ethyl adjacent to an activating group) is 1. The van der Waals surface area contributed by atoms with Gasteiger partial charge in [-0.15, -0.1) is 0 Å². The summed E-state index contributed by atoms with van der Waals surface area (Å²) in [6.45, 7) is 5.71. The van der Waals surface area contributed by atoms with E-state index in [1.807, 2.05) is 24.3 Å². The highest BCUT2D eigenvalue weighted by Crippen LogP contribution is 2.27. The molecule has 0 spiro atoms. The van der Waals surface area contributed by atoms with Crippen LogP contribution in [0.4, 0.5) is 0 Å². The molecule has 1 saturated heterocycles. The normalized spacial score (nSPS) is 21.8. The SMILES string of the molecule is CN1CCN(Cc2ccc(C(=O)NCC3(O)CCCCC3)cc2)CC1. The topological polar surface area (TPSA) is 55.8 Å². The van der Waals surface area contributed by atoms with Gasteiger partial charge in [0.15, 0.2) is 0 Å². The van der Waals surface area contributed by atoms with Crippen molar-refractivity contribution in [1.82, 2.24) is 15.1 Å². The molecule has 1 saturated carbocycles. The number of nitrogens with zero attached hydrogens (tertiary/aromatic N) is 2. The molecule has 0 aromatic heterocycles. The molecule has 1 aliphatic carbocycles. The van der Waals surface area contributed by atoms with Gasteiger partial charge in [-0.1, -0.05) is 31.4 Å². The Labute approximate surface area is 151 Å². The second-order valence-electron chi connectivity index (χ2n) is 7.74. The van der Waals surface area contributed by atoms with Crippen molar-refractivity contribution in [2.45, 2.75) is 44.2 Å². The lowest BCUT2D eigenvalue weighted by Gasteiger charge is -2.32. The summed E-state index contributed by atoms with van der Waals surface area (Å²) in [5, 5.41) is 13.4. The maximum Gasteiger partial charge on any atom is 0.251 e. The highest BCUT2D eigenvalue weighted by atomic mass is 16.3. The molecular formula is C20H31N3O2. The molecule has 1 aromatic carbocycles. The Hall–Kier alpha value is -1.43. The van der Waals surface area contributed by atoms with Crippen LogP contribution in [-0.4, -0.2) is 66.2 Å². The number of benzene rings is 1. The van der Waals surface area contributed by atoms with E-state index in [4.69, 9.17) is 0 Å². The fourth-order valence-electron chi connectivity index (χ4n) is 3.76. The lowest BCUT2D eigenvalue weighted by molar-refractivity contribution is 0.00525. The van der Waals surface area contributed by atoms with Gasteiger partial charge in [-0.2, -0.15) is 0 Å².